The molecule has 1 aliphatic rings. The van der Waals surface area contributed by atoms with Crippen LogP contribution in [0, 0.1) is 0 Å². The minimum absolute atomic E-state index is 0.0407. The van der Waals surface area contributed by atoms with Crippen LogP contribution in [0.1, 0.15) is 19.3 Å². The fourth-order valence-corrected chi connectivity index (χ4v) is 21.3. The summed E-state index contributed by atoms with van der Waals surface area (Å²) in [4.78, 5) is 13.0. The molecule has 1 heterocycles. The molecule has 0 aromatic heterocycles. The van der Waals surface area contributed by atoms with Crippen molar-refractivity contribution in [3.63, 3.8) is 0 Å². The van der Waals surface area contributed by atoms with Gasteiger partial charge in [-0.1, -0.05) is 182 Å². The number of benzene rings is 6. The second-order valence-corrected chi connectivity index (χ2v) is 19.9. The van der Waals surface area contributed by atoms with Crippen molar-refractivity contribution in [2.75, 3.05) is 6.61 Å². The lowest BCUT2D eigenvalue weighted by atomic mass is 10.1. The summed E-state index contributed by atoms with van der Waals surface area (Å²) in [5.41, 5.74) is 0. The number of carbonyl (C=O) groups excluding carboxylic acids is 1. The van der Waals surface area contributed by atoms with Gasteiger partial charge in [-0.25, -0.2) is 0 Å². The Labute approximate surface area is 280 Å². The van der Waals surface area contributed by atoms with Gasteiger partial charge in [0.2, 0.25) is 16.5 Å². The molecule has 0 saturated carbocycles. The minimum Gasteiger partial charge on any atom is -0.464 e. The Morgan fingerprint density at radius 2 is 0.723 bits per heavy atom. The first-order valence-corrected chi connectivity index (χ1v) is 20.4. The van der Waals surface area contributed by atoms with E-state index in [4.69, 9.17) is 4.74 Å². The highest BCUT2D eigenvalue weighted by Gasteiger charge is 2.59. The average molecular weight is 646 g/mol. The SMILES string of the molecule is O=C1CCCC(N([Si](c2ccccc2)(c2ccccc2)c2ccccc2)[Si](c2ccccc2)(c2ccccc2)c2ccccc2)CO1. The molecular weight excluding hydrogens is 607 g/mol. The Bertz CT molecular complexity index is 1550. The lowest BCUT2D eigenvalue weighted by Crippen LogP contribution is -2.92. The predicted molar refractivity (Wildman–Crippen MR) is 198 cm³/mol. The van der Waals surface area contributed by atoms with Crippen LogP contribution in [0.3, 0.4) is 0 Å². The van der Waals surface area contributed by atoms with Gasteiger partial charge in [0.15, 0.2) is 0 Å². The maximum atomic E-state index is 13.0. The molecule has 5 heteroatoms. The van der Waals surface area contributed by atoms with Crippen molar-refractivity contribution in [2.24, 2.45) is 0 Å². The van der Waals surface area contributed by atoms with Crippen LogP contribution in [0.2, 0.25) is 0 Å². The first kappa shape index (κ1) is 30.8. The highest BCUT2D eigenvalue weighted by atomic mass is 28.4. The molecule has 6 aromatic rings. The molecule has 1 aliphatic heterocycles. The molecule has 232 valence electrons. The maximum absolute atomic E-state index is 13.0. The van der Waals surface area contributed by atoms with Gasteiger partial charge in [0.05, 0.1) is 0 Å². The van der Waals surface area contributed by atoms with Gasteiger partial charge in [0.25, 0.3) is 0 Å². The Balaban J connectivity index is 1.73. The van der Waals surface area contributed by atoms with Crippen molar-refractivity contribution in [1.82, 2.24) is 4.23 Å². The van der Waals surface area contributed by atoms with Crippen LogP contribution in [0.15, 0.2) is 182 Å². The maximum Gasteiger partial charge on any atom is 0.305 e. The topological polar surface area (TPSA) is 29.5 Å². The average Bonchev–Trinajstić information content (AvgIpc) is 3.38. The Morgan fingerprint density at radius 1 is 0.447 bits per heavy atom. The molecule has 1 unspecified atom stereocenters. The van der Waals surface area contributed by atoms with Gasteiger partial charge in [0, 0.05) is 12.5 Å². The molecular formula is C42H39NO2Si2. The molecule has 0 amide bonds. The van der Waals surface area contributed by atoms with E-state index in [-0.39, 0.29) is 12.0 Å². The molecule has 47 heavy (non-hydrogen) atoms. The summed E-state index contributed by atoms with van der Waals surface area (Å²) in [6.07, 6.45) is 2.08. The molecule has 1 atom stereocenters. The fraction of sp³-hybridized carbons (Fsp3) is 0.119. The van der Waals surface area contributed by atoms with Gasteiger partial charge >= 0.3 is 5.97 Å². The summed E-state index contributed by atoms with van der Waals surface area (Å²) >= 11 is 0. The number of esters is 1. The monoisotopic (exact) mass is 645 g/mol. The third kappa shape index (κ3) is 5.61. The smallest absolute Gasteiger partial charge is 0.305 e. The zero-order valence-corrected chi connectivity index (χ0v) is 28.5. The minimum atomic E-state index is -3.17. The van der Waals surface area contributed by atoms with Crippen LogP contribution < -0.4 is 31.1 Å². The first-order chi connectivity index (χ1) is 23.3. The lowest BCUT2D eigenvalue weighted by Gasteiger charge is -2.56. The Kier molecular flexibility index (Phi) is 9.11. The predicted octanol–water partition coefficient (Wildman–Crippen LogP) is 4.72. The van der Waals surface area contributed by atoms with Crippen LogP contribution in [-0.2, 0) is 9.53 Å². The van der Waals surface area contributed by atoms with Gasteiger partial charge in [-0.3, -0.25) is 4.79 Å². The van der Waals surface area contributed by atoms with E-state index >= 15 is 0 Å². The number of hydrogen-bond acceptors (Lipinski definition) is 3. The van der Waals surface area contributed by atoms with Gasteiger partial charge < -0.3 is 8.97 Å². The van der Waals surface area contributed by atoms with Crippen molar-refractivity contribution in [1.29, 1.82) is 0 Å². The van der Waals surface area contributed by atoms with E-state index in [1.165, 1.54) is 31.1 Å². The molecule has 0 aliphatic carbocycles. The van der Waals surface area contributed by atoms with Crippen LogP contribution >= 0.6 is 0 Å². The van der Waals surface area contributed by atoms with Gasteiger partial charge in [-0.2, -0.15) is 0 Å². The number of cyclic esters (lactones) is 1. The summed E-state index contributed by atoms with van der Waals surface area (Å²) in [5, 5.41) is 7.88. The summed E-state index contributed by atoms with van der Waals surface area (Å²) < 4.78 is 9.15. The van der Waals surface area contributed by atoms with Crippen LogP contribution in [0.25, 0.3) is 0 Å². The van der Waals surface area contributed by atoms with Crippen molar-refractivity contribution in [3.8, 4) is 0 Å². The van der Waals surface area contributed by atoms with Crippen LogP contribution in [-0.4, -0.2) is 39.3 Å². The van der Waals surface area contributed by atoms with E-state index in [0.29, 0.717) is 13.0 Å². The highest BCUT2D eigenvalue weighted by molar-refractivity contribution is 7.22. The quantitative estimate of drug-likeness (QED) is 0.130. The van der Waals surface area contributed by atoms with E-state index in [1.54, 1.807) is 0 Å². The van der Waals surface area contributed by atoms with Crippen LogP contribution in [0.4, 0.5) is 0 Å². The van der Waals surface area contributed by atoms with Crippen molar-refractivity contribution in [2.45, 2.75) is 25.3 Å². The highest BCUT2D eigenvalue weighted by Crippen LogP contribution is 2.29. The number of hydrogen-bond donors (Lipinski definition) is 0. The lowest BCUT2D eigenvalue weighted by molar-refractivity contribution is -0.143. The summed E-state index contributed by atoms with van der Waals surface area (Å²) in [7, 11) is -6.33. The van der Waals surface area contributed by atoms with Crippen molar-refractivity contribution >= 4 is 53.6 Å². The third-order valence-corrected chi connectivity index (χ3v) is 20.8. The number of ether oxygens (including phenoxy) is 1. The fourth-order valence-electron chi connectivity index (χ4n) is 7.74. The molecule has 1 fully saturated rings. The molecule has 0 bridgehead atoms. The summed E-state index contributed by atoms with van der Waals surface area (Å²) in [6, 6.07) is 66.9. The normalized spacial score (nSPS) is 15.5. The second-order valence-electron chi connectivity index (χ2n) is 12.2. The standard InChI is InChI=1S/C42H39NO2Si2/c44-42-33-19-20-35(34-45-42)43(46(36-21-7-1-8-22-36,37-23-9-2-10-24-37)38-25-11-3-12-26-38)47(39-27-13-4-14-28-39,40-29-15-5-16-30-40)41-31-17-6-18-32-41/h1-18,21-32,35H,19-20,33-34H2. The number of rotatable bonds is 9. The molecule has 1 saturated heterocycles. The molecule has 7 rings (SSSR count). The van der Waals surface area contributed by atoms with E-state index < -0.39 is 16.5 Å². The third-order valence-electron chi connectivity index (χ3n) is 9.59. The van der Waals surface area contributed by atoms with E-state index in [2.05, 4.69) is 186 Å². The first-order valence-electron chi connectivity index (χ1n) is 16.5. The van der Waals surface area contributed by atoms with E-state index in [9.17, 15) is 4.79 Å². The van der Waals surface area contributed by atoms with Crippen molar-refractivity contribution < 1.29 is 9.53 Å². The Morgan fingerprint density at radius 3 is 1.00 bits per heavy atom. The van der Waals surface area contributed by atoms with E-state index in [0.717, 1.165) is 12.8 Å². The van der Waals surface area contributed by atoms with Crippen molar-refractivity contribution in [3.05, 3.63) is 182 Å². The zero-order valence-electron chi connectivity index (χ0n) is 26.5. The molecule has 6 aromatic carbocycles. The van der Waals surface area contributed by atoms with Crippen LogP contribution in [0.5, 0.6) is 0 Å². The summed E-state index contributed by atoms with van der Waals surface area (Å²) in [6.45, 7) is 0.349. The van der Waals surface area contributed by atoms with Gasteiger partial charge in [0.1, 0.15) is 6.61 Å². The molecule has 0 radical (unpaired) electrons. The largest absolute Gasteiger partial charge is 0.464 e. The summed E-state index contributed by atoms with van der Waals surface area (Å²) in [5.74, 6) is -0.106. The molecule has 0 spiro atoms. The molecule has 3 nitrogen and oxygen atoms in total. The van der Waals surface area contributed by atoms with Gasteiger partial charge in [-0.15, -0.1) is 0 Å². The number of carbonyl (C=O) groups is 1. The second kappa shape index (κ2) is 13.9. The van der Waals surface area contributed by atoms with E-state index in [1.807, 2.05) is 0 Å². The number of nitrogens with zero attached hydrogens (tertiary/aromatic N) is 1. The molecule has 0 N–H and O–H groups in total. The van der Waals surface area contributed by atoms with Gasteiger partial charge in [-0.05, 0) is 44.0 Å². The zero-order chi connectivity index (χ0) is 31.9. The Hall–Kier alpha value is -4.82.